The molecule has 2 aromatic carbocycles. The van der Waals surface area contributed by atoms with Gasteiger partial charge in [-0.1, -0.05) is 60.4 Å². The first-order chi connectivity index (χ1) is 11.6. The fourth-order valence-electron chi connectivity index (χ4n) is 2.16. The van der Waals surface area contributed by atoms with Gasteiger partial charge in [0.2, 0.25) is 0 Å². The molecule has 0 aliphatic heterocycles. The molecule has 0 aromatic heterocycles. The van der Waals surface area contributed by atoms with Gasteiger partial charge in [-0.25, -0.2) is 0 Å². The van der Waals surface area contributed by atoms with Crippen molar-refractivity contribution in [3.8, 4) is 11.8 Å². The van der Waals surface area contributed by atoms with Crippen molar-refractivity contribution < 1.29 is 4.11 Å². The molecule has 0 heterocycles. The predicted molar refractivity (Wildman–Crippen MR) is 96.7 cm³/mol. The van der Waals surface area contributed by atoms with Crippen LogP contribution in [0.1, 0.15) is 30.4 Å². The average Bonchev–Trinajstić information content (AvgIpc) is 2.53. The van der Waals surface area contributed by atoms with E-state index in [1.165, 1.54) is 6.08 Å². The van der Waals surface area contributed by atoms with Crippen molar-refractivity contribution in [2.45, 2.75) is 27.3 Å². The van der Waals surface area contributed by atoms with Gasteiger partial charge in [0.05, 0.1) is 1.37 Å². The van der Waals surface area contributed by atoms with Crippen molar-refractivity contribution in [1.82, 2.24) is 4.90 Å². The van der Waals surface area contributed by atoms with Crippen LogP contribution in [0.2, 0.25) is 0 Å². The molecule has 114 valence electrons. The molecular formula is C21H25N. The molecule has 0 saturated heterocycles. The Morgan fingerprint density at radius 3 is 2.68 bits per heavy atom. The quantitative estimate of drug-likeness (QED) is 0.727. The van der Waals surface area contributed by atoms with Crippen molar-refractivity contribution in [2.24, 2.45) is 5.41 Å². The van der Waals surface area contributed by atoms with Gasteiger partial charge in [-0.2, -0.15) is 0 Å². The molecule has 0 N–H and O–H groups in total. The largest absolute Gasteiger partial charge is 0.298 e. The fraction of sp³-hybridized carbons (Fsp3) is 0.333. The van der Waals surface area contributed by atoms with E-state index in [1.807, 2.05) is 63.2 Å². The highest BCUT2D eigenvalue weighted by atomic mass is 15.1. The summed E-state index contributed by atoms with van der Waals surface area (Å²) in [5.41, 5.74) is 0.872. The first kappa shape index (κ1) is 12.5. The predicted octanol–water partition coefficient (Wildman–Crippen LogP) is 4.88. The van der Waals surface area contributed by atoms with Crippen LogP contribution in [0, 0.1) is 17.3 Å². The first-order valence-electron chi connectivity index (χ1n) is 8.99. The van der Waals surface area contributed by atoms with Crippen LogP contribution in [0.3, 0.4) is 0 Å². The third-order valence-electron chi connectivity index (χ3n) is 3.13. The van der Waals surface area contributed by atoms with Gasteiger partial charge in [0.25, 0.3) is 0 Å². The van der Waals surface area contributed by atoms with E-state index < -0.39 is 6.50 Å². The van der Waals surface area contributed by atoms with Crippen LogP contribution in [0.5, 0.6) is 0 Å². The maximum absolute atomic E-state index is 8.30. The molecular weight excluding hydrogens is 266 g/mol. The SMILES string of the molecule is [2H]/C(=C\C#CC(C)(C)C)C([2H])([2H])N(C)Cc1cccc2ccccc12. The summed E-state index contributed by atoms with van der Waals surface area (Å²) in [7, 11) is 1.70. The van der Waals surface area contributed by atoms with E-state index in [9.17, 15) is 0 Å². The standard InChI is InChI=1S/C21H25N/c1-21(2,3)15-8-5-9-16-22(4)17-19-13-10-12-18-11-6-7-14-20(18)19/h5-7,9-14H,16-17H2,1-4H3/b9-5+/i9D,16D2. The molecule has 1 heteroatoms. The molecule has 0 unspecified atom stereocenters. The van der Waals surface area contributed by atoms with Gasteiger partial charge in [0.15, 0.2) is 0 Å². The second-order valence-corrected chi connectivity index (χ2v) is 6.41. The average molecular weight is 294 g/mol. The minimum absolute atomic E-state index is 0.132. The van der Waals surface area contributed by atoms with E-state index in [0.717, 1.165) is 16.3 Å². The molecule has 0 radical (unpaired) electrons. The summed E-state index contributed by atoms with van der Waals surface area (Å²) in [6.45, 7) is 4.48. The summed E-state index contributed by atoms with van der Waals surface area (Å²) in [6, 6.07) is 14.0. The monoisotopic (exact) mass is 294 g/mol. The Hall–Kier alpha value is -2.04. The van der Waals surface area contributed by atoms with Crippen LogP contribution < -0.4 is 0 Å². The zero-order chi connectivity index (χ0) is 18.7. The number of nitrogens with zero attached hydrogens (tertiary/aromatic N) is 1. The molecule has 1 nitrogen and oxygen atoms in total. The summed E-state index contributed by atoms with van der Waals surface area (Å²) >= 11 is 0. The zero-order valence-corrected chi connectivity index (χ0v) is 13.8. The Morgan fingerprint density at radius 2 is 1.91 bits per heavy atom. The molecule has 0 spiro atoms. The first-order valence-corrected chi connectivity index (χ1v) is 7.49. The lowest BCUT2D eigenvalue weighted by atomic mass is 9.98. The lowest BCUT2D eigenvalue weighted by Crippen LogP contribution is -2.17. The maximum atomic E-state index is 8.30. The van der Waals surface area contributed by atoms with Crippen LogP contribution >= 0.6 is 0 Å². The van der Waals surface area contributed by atoms with Gasteiger partial charge in [0.1, 0.15) is 0 Å². The summed E-state index contributed by atoms with van der Waals surface area (Å²) < 4.78 is 24.7. The third-order valence-corrected chi connectivity index (χ3v) is 3.13. The summed E-state index contributed by atoms with van der Waals surface area (Å²) in [5.74, 6) is 5.82. The molecule has 0 saturated carbocycles. The van der Waals surface area contributed by atoms with Crippen LogP contribution in [-0.2, 0) is 6.54 Å². The van der Waals surface area contributed by atoms with Crippen molar-refractivity contribution in [1.29, 1.82) is 0 Å². The van der Waals surface area contributed by atoms with Crippen LogP contribution in [0.15, 0.2) is 54.6 Å². The Labute approximate surface area is 138 Å². The van der Waals surface area contributed by atoms with Gasteiger partial charge in [-0.15, -0.1) is 0 Å². The number of rotatable bonds is 4. The minimum atomic E-state index is -1.89. The van der Waals surface area contributed by atoms with E-state index in [1.54, 1.807) is 11.9 Å². The number of allylic oxidation sites excluding steroid dienone is 1. The topological polar surface area (TPSA) is 3.24 Å². The van der Waals surface area contributed by atoms with Crippen LogP contribution in [0.25, 0.3) is 10.8 Å². The highest BCUT2D eigenvalue weighted by Crippen LogP contribution is 2.19. The Bertz CT molecular complexity index is 830. The second kappa shape index (κ2) is 7.29. The van der Waals surface area contributed by atoms with Crippen LogP contribution in [0.4, 0.5) is 0 Å². The fourth-order valence-corrected chi connectivity index (χ4v) is 2.16. The molecule has 0 aliphatic rings. The summed E-state index contributed by atoms with van der Waals surface area (Å²) in [5, 5.41) is 2.24. The Kier molecular flexibility index (Phi) is 4.14. The minimum Gasteiger partial charge on any atom is -0.298 e. The smallest absolute Gasteiger partial charge is 0.0596 e. The molecule has 0 amide bonds. The van der Waals surface area contributed by atoms with E-state index in [-0.39, 0.29) is 11.5 Å². The Morgan fingerprint density at radius 1 is 1.18 bits per heavy atom. The molecule has 0 aliphatic carbocycles. The summed E-state index contributed by atoms with van der Waals surface area (Å²) in [4.78, 5) is 1.55. The maximum Gasteiger partial charge on any atom is 0.0596 e. The zero-order valence-electron chi connectivity index (χ0n) is 16.8. The van der Waals surface area contributed by atoms with Crippen molar-refractivity contribution in [3.63, 3.8) is 0 Å². The van der Waals surface area contributed by atoms with E-state index in [2.05, 4.69) is 11.8 Å². The van der Waals surface area contributed by atoms with E-state index in [0.29, 0.717) is 6.54 Å². The normalized spacial score (nSPS) is 15.0. The van der Waals surface area contributed by atoms with Gasteiger partial charge in [-0.05, 0) is 50.2 Å². The van der Waals surface area contributed by atoms with E-state index in [4.69, 9.17) is 4.11 Å². The van der Waals surface area contributed by atoms with Crippen LogP contribution in [-0.4, -0.2) is 18.4 Å². The van der Waals surface area contributed by atoms with Crippen molar-refractivity contribution in [2.75, 3.05) is 13.5 Å². The lowest BCUT2D eigenvalue weighted by Gasteiger charge is -2.15. The van der Waals surface area contributed by atoms with Crippen molar-refractivity contribution >= 4 is 10.8 Å². The molecule has 2 rings (SSSR count). The molecule has 0 fully saturated rings. The number of benzene rings is 2. The van der Waals surface area contributed by atoms with Gasteiger partial charge in [-0.3, -0.25) is 4.90 Å². The Balaban J connectivity index is 2.24. The van der Waals surface area contributed by atoms with E-state index >= 15 is 0 Å². The van der Waals surface area contributed by atoms with Crippen molar-refractivity contribution in [3.05, 3.63) is 60.2 Å². The van der Waals surface area contributed by atoms with Gasteiger partial charge in [0, 0.05) is 21.2 Å². The molecule has 0 atom stereocenters. The van der Waals surface area contributed by atoms with Gasteiger partial charge >= 0.3 is 0 Å². The number of hydrogen-bond acceptors (Lipinski definition) is 1. The number of hydrogen-bond donors (Lipinski definition) is 0. The highest BCUT2D eigenvalue weighted by molar-refractivity contribution is 5.85. The van der Waals surface area contributed by atoms with Gasteiger partial charge < -0.3 is 0 Å². The second-order valence-electron chi connectivity index (χ2n) is 6.41. The lowest BCUT2D eigenvalue weighted by molar-refractivity contribution is 0.365. The molecule has 2 aromatic rings. The third kappa shape index (κ3) is 5.06. The molecule has 0 bridgehead atoms. The molecule has 22 heavy (non-hydrogen) atoms. The number of likely N-dealkylation sites (N-methyl/N-ethyl adjacent to an activating group) is 1. The summed E-state index contributed by atoms with van der Waals surface area (Å²) in [6.07, 6.45) is 1.37. The highest BCUT2D eigenvalue weighted by Gasteiger charge is 2.03. The number of fused-ring (bicyclic) bond motifs is 1.